The van der Waals surface area contributed by atoms with Gasteiger partial charge in [-0.25, -0.2) is 9.07 Å². The first-order valence-corrected chi connectivity index (χ1v) is 7.29. The van der Waals surface area contributed by atoms with Crippen LogP contribution in [0.2, 0.25) is 0 Å². The smallest absolute Gasteiger partial charge is 0.137 e. The van der Waals surface area contributed by atoms with Gasteiger partial charge in [-0.05, 0) is 64.0 Å². The maximum Gasteiger partial charge on any atom is 0.137 e. The summed E-state index contributed by atoms with van der Waals surface area (Å²) in [5.41, 5.74) is 3.03. The van der Waals surface area contributed by atoms with Gasteiger partial charge in [-0.3, -0.25) is 0 Å². The lowest BCUT2D eigenvalue weighted by Gasteiger charge is -2.08. The summed E-state index contributed by atoms with van der Waals surface area (Å²) in [5.74, 6) is -0.248. The lowest BCUT2D eigenvalue weighted by Crippen LogP contribution is -2.00. The van der Waals surface area contributed by atoms with Crippen molar-refractivity contribution in [3.8, 4) is 5.69 Å². The Bertz CT molecular complexity index is 724. The summed E-state index contributed by atoms with van der Waals surface area (Å²) in [6, 6.07) is 14.9. The molecule has 3 nitrogen and oxygen atoms in total. The maximum absolute atomic E-state index is 13.2. The molecule has 1 aromatic heterocycles. The molecular weight excluding hydrogens is 333 g/mol. The molecular formula is C16H13BrFN3. The van der Waals surface area contributed by atoms with Gasteiger partial charge in [-0.15, -0.1) is 0 Å². The van der Waals surface area contributed by atoms with Crippen molar-refractivity contribution in [3.05, 3.63) is 76.8 Å². The van der Waals surface area contributed by atoms with E-state index in [0.29, 0.717) is 11.0 Å². The third kappa shape index (κ3) is 3.31. The minimum absolute atomic E-state index is 0.248. The lowest BCUT2D eigenvalue weighted by atomic mass is 10.2. The van der Waals surface area contributed by atoms with Crippen LogP contribution in [-0.4, -0.2) is 9.78 Å². The normalized spacial score (nSPS) is 10.6. The number of nitrogens with zero attached hydrogens (tertiary/aromatic N) is 2. The molecule has 21 heavy (non-hydrogen) atoms. The van der Waals surface area contributed by atoms with Gasteiger partial charge in [0.2, 0.25) is 0 Å². The van der Waals surface area contributed by atoms with Crippen LogP contribution in [0.15, 0.2) is 65.4 Å². The molecule has 0 bridgehead atoms. The van der Waals surface area contributed by atoms with Crippen LogP contribution in [-0.2, 0) is 6.54 Å². The molecule has 0 fully saturated rings. The molecule has 0 aliphatic rings. The molecule has 0 unspecified atom stereocenters. The van der Waals surface area contributed by atoms with Crippen molar-refractivity contribution in [2.75, 3.05) is 5.32 Å². The molecule has 0 saturated heterocycles. The van der Waals surface area contributed by atoms with Crippen molar-refractivity contribution in [1.29, 1.82) is 0 Å². The lowest BCUT2D eigenvalue weighted by molar-refractivity contribution is 0.620. The van der Waals surface area contributed by atoms with Gasteiger partial charge >= 0.3 is 0 Å². The highest BCUT2D eigenvalue weighted by atomic mass is 79.9. The molecule has 106 valence electrons. The summed E-state index contributed by atoms with van der Waals surface area (Å²) in [6.07, 6.45) is 3.65. The predicted octanol–water partition coefficient (Wildman–Crippen LogP) is 4.39. The zero-order valence-corrected chi connectivity index (χ0v) is 12.7. The number of hydrogen-bond donors (Lipinski definition) is 1. The van der Waals surface area contributed by atoms with Gasteiger partial charge in [0.1, 0.15) is 5.82 Å². The van der Waals surface area contributed by atoms with E-state index in [1.807, 2.05) is 36.5 Å². The fourth-order valence-corrected chi connectivity index (χ4v) is 2.43. The molecule has 0 radical (unpaired) electrons. The number of halogens is 2. The van der Waals surface area contributed by atoms with Gasteiger partial charge < -0.3 is 5.32 Å². The summed E-state index contributed by atoms with van der Waals surface area (Å²) in [4.78, 5) is 0. The van der Waals surface area contributed by atoms with E-state index >= 15 is 0 Å². The molecule has 0 amide bonds. The largest absolute Gasteiger partial charge is 0.381 e. The van der Waals surface area contributed by atoms with E-state index in [0.717, 1.165) is 16.9 Å². The van der Waals surface area contributed by atoms with Crippen LogP contribution < -0.4 is 5.32 Å². The van der Waals surface area contributed by atoms with Crippen molar-refractivity contribution in [2.24, 2.45) is 0 Å². The number of nitrogens with one attached hydrogen (secondary N) is 1. The van der Waals surface area contributed by atoms with E-state index in [4.69, 9.17) is 0 Å². The molecule has 2 aromatic carbocycles. The second kappa shape index (κ2) is 6.10. The van der Waals surface area contributed by atoms with E-state index in [1.54, 1.807) is 23.0 Å². The monoisotopic (exact) mass is 345 g/mol. The van der Waals surface area contributed by atoms with E-state index in [1.165, 1.54) is 6.07 Å². The average Bonchev–Trinajstić information content (AvgIpc) is 3.03. The van der Waals surface area contributed by atoms with E-state index in [2.05, 4.69) is 26.3 Å². The van der Waals surface area contributed by atoms with Crippen molar-refractivity contribution in [2.45, 2.75) is 6.54 Å². The Balaban J connectivity index is 1.66. The summed E-state index contributed by atoms with van der Waals surface area (Å²) in [5, 5.41) is 7.49. The van der Waals surface area contributed by atoms with Crippen LogP contribution in [0.3, 0.4) is 0 Å². The van der Waals surface area contributed by atoms with Gasteiger partial charge in [0.05, 0.1) is 10.2 Å². The molecule has 0 saturated carbocycles. The second-order valence-corrected chi connectivity index (χ2v) is 5.45. The molecule has 1 N–H and O–H groups in total. The maximum atomic E-state index is 13.2. The third-order valence-corrected chi connectivity index (χ3v) is 3.72. The Hall–Kier alpha value is -2.14. The zero-order valence-electron chi connectivity index (χ0n) is 11.1. The minimum atomic E-state index is -0.248. The van der Waals surface area contributed by atoms with Crippen molar-refractivity contribution < 1.29 is 4.39 Å². The Morgan fingerprint density at radius 1 is 1.14 bits per heavy atom. The van der Waals surface area contributed by atoms with Crippen LogP contribution in [0.25, 0.3) is 5.69 Å². The van der Waals surface area contributed by atoms with E-state index in [9.17, 15) is 4.39 Å². The number of aromatic nitrogens is 2. The summed E-state index contributed by atoms with van der Waals surface area (Å²) < 4.78 is 15.5. The van der Waals surface area contributed by atoms with Crippen LogP contribution in [0.5, 0.6) is 0 Å². The van der Waals surface area contributed by atoms with Gasteiger partial charge in [-0.2, -0.15) is 5.10 Å². The predicted molar refractivity (Wildman–Crippen MR) is 85.0 cm³/mol. The summed E-state index contributed by atoms with van der Waals surface area (Å²) >= 11 is 3.19. The molecule has 0 spiro atoms. The standard InChI is InChI=1S/C16H13BrFN3/c17-15-10-12(2-7-16(15)18)11-19-13-3-5-14(6-4-13)21-9-1-8-20-21/h1-10,19H,11H2. The Labute approximate surface area is 130 Å². The van der Waals surface area contributed by atoms with Gasteiger partial charge in [0.25, 0.3) is 0 Å². The van der Waals surface area contributed by atoms with Crippen molar-refractivity contribution in [3.63, 3.8) is 0 Å². The number of anilines is 1. The van der Waals surface area contributed by atoms with Crippen LogP contribution >= 0.6 is 15.9 Å². The quantitative estimate of drug-likeness (QED) is 0.760. The van der Waals surface area contributed by atoms with Crippen LogP contribution in [0, 0.1) is 5.82 Å². The molecule has 0 aliphatic heterocycles. The SMILES string of the molecule is Fc1ccc(CNc2ccc(-n3cccn3)cc2)cc1Br. The highest BCUT2D eigenvalue weighted by Gasteiger charge is 2.01. The highest BCUT2D eigenvalue weighted by molar-refractivity contribution is 9.10. The first kappa shape index (κ1) is 13.8. The Kier molecular flexibility index (Phi) is 4.01. The molecule has 3 rings (SSSR count). The number of hydrogen-bond acceptors (Lipinski definition) is 2. The van der Waals surface area contributed by atoms with Crippen LogP contribution in [0.4, 0.5) is 10.1 Å². The Morgan fingerprint density at radius 2 is 1.95 bits per heavy atom. The fourth-order valence-electron chi connectivity index (χ4n) is 2.01. The molecule has 0 aliphatic carbocycles. The van der Waals surface area contributed by atoms with Gasteiger partial charge in [0.15, 0.2) is 0 Å². The highest BCUT2D eigenvalue weighted by Crippen LogP contribution is 2.18. The Morgan fingerprint density at radius 3 is 2.62 bits per heavy atom. The first-order valence-electron chi connectivity index (χ1n) is 6.50. The molecule has 5 heteroatoms. The second-order valence-electron chi connectivity index (χ2n) is 4.60. The average molecular weight is 346 g/mol. The van der Waals surface area contributed by atoms with Gasteiger partial charge in [0, 0.05) is 24.6 Å². The molecule has 3 aromatic rings. The van der Waals surface area contributed by atoms with Gasteiger partial charge in [-0.1, -0.05) is 6.07 Å². The first-order chi connectivity index (χ1) is 10.2. The zero-order chi connectivity index (χ0) is 14.7. The van der Waals surface area contributed by atoms with Crippen LogP contribution in [0.1, 0.15) is 5.56 Å². The number of benzene rings is 2. The van der Waals surface area contributed by atoms with Crippen molar-refractivity contribution in [1.82, 2.24) is 9.78 Å². The summed E-state index contributed by atoms with van der Waals surface area (Å²) in [6.45, 7) is 0.639. The van der Waals surface area contributed by atoms with E-state index < -0.39 is 0 Å². The fraction of sp³-hybridized carbons (Fsp3) is 0.0625. The molecule has 1 heterocycles. The number of rotatable bonds is 4. The topological polar surface area (TPSA) is 29.9 Å². The molecule has 0 atom stereocenters. The minimum Gasteiger partial charge on any atom is -0.381 e. The summed E-state index contributed by atoms with van der Waals surface area (Å²) in [7, 11) is 0. The van der Waals surface area contributed by atoms with Crippen molar-refractivity contribution >= 4 is 21.6 Å². The van der Waals surface area contributed by atoms with E-state index in [-0.39, 0.29) is 5.82 Å². The third-order valence-electron chi connectivity index (χ3n) is 3.12.